The highest BCUT2D eigenvalue weighted by molar-refractivity contribution is 5.88. The maximum Gasteiger partial charge on any atom is 0.329 e. The molecule has 2 N–H and O–H groups in total. The Morgan fingerprint density at radius 2 is 1.85 bits per heavy atom. The van der Waals surface area contributed by atoms with E-state index in [2.05, 4.69) is 5.32 Å². The number of urea groups is 1. The lowest BCUT2D eigenvalue weighted by atomic mass is 10.0. The second-order valence-corrected chi connectivity index (χ2v) is 5.59. The van der Waals surface area contributed by atoms with E-state index < -0.39 is 17.5 Å². The maximum absolute atomic E-state index is 12.3. The minimum absolute atomic E-state index is 0.0679. The highest BCUT2D eigenvalue weighted by Gasteiger charge is 2.38. The fraction of sp³-hybridized carbons (Fsp3) is 0.769. The molecular formula is C13H23N3O4. The lowest BCUT2D eigenvalue weighted by molar-refractivity contribution is -0.147. The summed E-state index contributed by atoms with van der Waals surface area (Å²) < 4.78 is 0. The van der Waals surface area contributed by atoms with Crippen LogP contribution in [0.5, 0.6) is 0 Å². The van der Waals surface area contributed by atoms with Crippen molar-refractivity contribution in [3.8, 4) is 0 Å². The Balaban J connectivity index is 2.64. The van der Waals surface area contributed by atoms with Gasteiger partial charge in [-0.25, -0.2) is 9.59 Å². The number of rotatable bonds is 6. The molecule has 0 aliphatic heterocycles. The Morgan fingerprint density at radius 3 is 2.25 bits per heavy atom. The summed E-state index contributed by atoms with van der Waals surface area (Å²) in [5.74, 6) is -1.30. The van der Waals surface area contributed by atoms with Crippen LogP contribution in [0.25, 0.3) is 0 Å². The van der Waals surface area contributed by atoms with E-state index >= 15 is 0 Å². The van der Waals surface area contributed by atoms with Crippen molar-refractivity contribution >= 4 is 17.9 Å². The van der Waals surface area contributed by atoms with Crippen LogP contribution >= 0.6 is 0 Å². The van der Waals surface area contributed by atoms with E-state index in [4.69, 9.17) is 0 Å². The quantitative estimate of drug-likeness (QED) is 0.743. The molecule has 1 fully saturated rings. The van der Waals surface area contributed by atoms with Gasteiger partial charge in [-0.3, -0.25) is 4.79 Å². The van der Waals surface area contributed by atoms with Crippen molar-refractivity contribution in [3.63, 3.8) is 0 Å². The lowest BCUT2D eigenvalue weighted by Gasteiger charge is -2.36. The number of carbonyl (C=O) groups excluding carboxylic acids is 2. The van der Waals surface area contributed by atoms with Gasteiger partial charge in [-0.1, -0.05) is 0 Å². The molecule has 1 rings (SSSR count). The van der Waals surface area contributed by atoms with Gasteiger partial charge in [0.25, 0.3) is 0 Å². The molecule has 20 heavy (non-hydrogen) atoms. The second kappa shape index (κ2) is 6.11. The molecule has 0 spiro atoms. The molecule has 1 aliphatic carbocycles. The van der Waals surface area contributed by atoms with Gasteiger partial charge in [-0.05, 0) is 33.6 Å². The molecule has 0 aromatic carbocycles. The smallest absolute Gasteiger partial charge is 0.329 e. The average molecular weight is 285 g/mol. The molecule has 114 valence electrons. The van der Waals surface area contributed by atoms with Crippen LogP contribution in [-0.2, 0) is 9.59 Å². The van der Waals surface area contributed by atoms with Gasteiger partial charge in [-0.2, -0.15) is 0 Å². The van der Waals surface area contributed by atoms with Gasteiger partial charge in [-0.15, -0.1) is 0 Å². The standard InChI is InChI=1S/C13H23N3O4/c1-5-16(13(2,3)11(18)19)12(20)15(4)8-10(17)14-9-6-7-9/h9H,5-8H2,1-4H3,(H,14,17)(H,18,19). The summed E-state index contributed by atoms with van der Waals surface area (Å²) in [6.07, 6.45) is 1.97. The highest BCUT2D eigenvalue weighted by atomic mass is 16.4. The number of amides is 3. The normalized spacial score (nSPS) is 14.6. The first-order valence-electron chi connectivity index (χ1n) is 6.75. The van der Waals surface area contributed by atoms with Crippen molar-refractivity contribution < 1.29 is 19.5 Å². The van der Waals surface area contributed by atoms with Crippen LogP contribution < -0.4 is 5.32 Å². The summed E-state index contributed by atoms with van der Waals surface area (Å²) in [4.78, 5) is 37.6. The molecule has 0 aromatic heterocycles. The fourth-order valence-corrected chi connectivity index (χ4v) is 1.88. The van der Waals surface area contributed by atoms with E-state index in [1.807, 2.05) is 0 Å². The Kier molecular flexibility index (Phi) is 4.97. The summed E-state index contributed by atoms with van der Waals surface area (Å²) in [7, 11) is 1.50. The Bertz CT molecular complexity index is 404. The number of hydrogen-bond acceptors (Lipinski definition) is 3. The Morgan fingerprint density at radius 1 is 1.30 bits per heavy atom. The number of carbonyl (C=O) groups is 3. The van der Waals surface area contributed by atoms with Crippen LogP contribution in [0.2, 0.25) is 0 Å². The Hall–Kier alpha value is -1.79. The maximum atomic E-state index is 12.3. The van der Waals surface area contributed by atoms with Crippen molar-refractivity contribution in [1.82, 2.24) is 15.1 Å². The molecule has 1 aliphatic rings. The molecule has 3 amide bonds. The number of carboxylic acid groups (broad SMARTS) is 1. The van der Waals surface area contributed by atoms with Crippen LogP contribution in [0.15, 0.2) is 0 Å². The van der Waals surface area contributed by atoms with Gasteiger partial charge in [0.05, 0.1) is 0 Å². The van der Waals surface area contributed by atoms with E-state index in [1.165, 1.54) is 30.7 Å². The first-order valence-corrected chi connectivity index (χ1v) is 6.75. The number of aliphatic carboxylic acids is 1. The van der Waals surface area contributed by atoms with Gasteiger partial charge in [0.15, 0.2) is 0 Å². The molecule has 1 saturated carbocycles. The zero-order chi connectivity index (χ0) is 15.5. The zero-order valence-corrected chi connectivity index (χ0v) is 12.5. The molecule has 0 unspecified atom stereocenters. The van der Waals surface area contributed by atoms with Crippen LogP contribution in [-0.4, -0.2) is 64.5 Å². The van der Waals surface area contributed by atoms with E-state index in [9.17, 15) is 19.5 Å². The van der Waals surface area contributed by atoms with Gasteiger partial charge in [0.2, 0.25) is 5.91 Å². The van der Waals surface area contributed by atoms with Crippen molar-refractivity contribution in [2.24, 2.45) is 0 Å². The topological polar surface area (TPSA) is 90.0 Å². The molecule has 0 aromatic rings. The third-order valence-corrected chi connectivity index (χ3v) is 3.40. The van der Waals surface area contributed by atoms with Crippen LogP contribution in [0.1, 0.15) is 33.6 Å². The number of nitrogens with zero attached hydrogens (tertiary/aromatic N) is 2. The van der Waals surface area contributed by atoms with Crippen LogP contribution in [0.3, 0.4) is 0 Å². The van der Waals surface area contributed by atoms with Crippen LogP contribution in [0.4, 0.5) is 4.79 Å². The molecule has 0 radical (unpaired) electrons. The van der Waals surface area contributed by atoms with Crippen LogP contribution in [0, 0.1) is 0 Å². The number of hydrogen-bond donors (Lipinski definition) is 2. The van der Waals surface area contributed by atoms with Crippen molar-refractivity contribution in [2.75, 3.05) is 20.1 Å². The zero-order valence-electron chi connectivity index (χ0n) is 12.5. The molecule has 7 heteroatoms. The van der Waals surface area contributed by atoms with Gasteiger partial charge in [0, 0.05) is 19.6 Å². The minimum Gasteiger partial charge on any atom is -0.480 e. The third kappa shape index (κ3) is 3.85. The third-order valence-electron chi connectivity index (χ3n) is 3.40. The SMILES string of the molecule is CCN(C(=O)N(C)CC(=O)NC1CC1)C(C)(C)C(=O)O. The molecule has 0 bridgehead atoms. The monoisotopic (exact) mass is 285 g/mol. The molecule has 0 atom stereocenters. The number of likely N-dealkylation sites (N-methyl/N-ethyl adjacent to an activating group) is 2. The summed E-state index contributed by atoms with van der Waals surface area (Å²) >= 11 is 0. The van der Waals surface area contributed by atoms with Crippen molar-refractivity contribution in [3.05, 3.63) is 0 Å². The van der Waals surface area contributed by atoms with E-state index in [0.29, 0.717) is 0 Å². The molecule has 7 nitrogen and oxygen atoms in total. The Labute approximate surface area is 118 Å². The van der Waals surface area contributed by atoms with Gasteiger partial charge < -0.3 is 20.2 Å². The highest BCUT2D eigenvalue weighted by Crippen LogP contribution is 2.19. The first kappa shape index (κ1) is 16.3. The predicted molar refractivity (Wildman–Crippen MR) is 73.3 cm³/mol. The van der Waals surface area contributed by atoms with E-state index in [1.54, 1.807) is 6.92 Å². The van der Waals surface area contributed by atoms with E-state index in [-0.39, 0.29) is 25.0 Å². The summed E-state index contributed by atoms with van der Waals surface area (Å²) in [6.45, 7) is 4.83. The molecular weight excluding hydrogens is 262 g/mol. The van der Waals surface area contributed by atoms with Gasteiger partial charge >= 0.3 is 12.0 Å². The minimum atomic E-state index is -1.31. The second-order valence-electron chi connectivity index (χ2n) is 5.59. The predicted octanol–water partition coefficient (Wildman–Crippen LogP) is 0.502. The lowest BCUT2D eigenvalue weighted by Crippen LogP contribution is -2.57. The van der Waals surface area contributed by atoms with Crippen molar-refractivity contribution in [1.29, 1.82) is 0 Å². The summed E-state index contributed by atoms with van der Waals surface area (Å²) in [5, 5.41) is 12.0. The summed E-state index contributed by atoms with van der Waals surface area (Å²) in [5.41, 5.74) is -1.31. The van der Waals surface area contributed by atoms with Gasteiger partial charge in [0.1, 0.15) is 12.1 Å². The van der Waals surface area contributed by atoms with Crippen molar-refractivity contribution in [2.45, 2.75) is 45.2 Å². The number of nitrogens with one attached hydrogen (secondary N) is 1. The average Bonchev–Trinajstić information content (AvgIpc) is 3.12. The summed E-state index contributed by atoms with van der Waals surface area (Å²) in [6, 6.07) is -0.227. The molecule has 0 saturated heterocycles. The number of carboxylic acids is 1. The first-order chi connectivity index (χ1) is 9.20. The largest absolute Gasteiger partial charge is 0.480 e. The molecule has 0 heterocycles. The van der Waals surface area contributed by atoms with E-state index in [0.717, 1.165) is 12.8 Å². The fourth-order valence-electron chi connectivity index (χ4n) is 1.88.